The van der Waals surface area contributed by atoms with Crippen molar-refractivity contribution in [3.63, 3.8) is 0 Å². The van der Waals surface area contributed by atoms with Gasteiger partial charge in [-0.05, 0) is 75.5 Å². The first kappa shape index (κ1) is 34.7. The van der Waals surface area contributed by atoms with Crippen LogP contribution in [0.4, 0.5) is 14.4 Å². The van der Waals surface area contributed by atoms with Crippen LogP contribution in [-0.2, 0) is 34.9 Å². The van der Waals surface area contributed by atoms with Crippen LogP contribution in [0.5, 0.6) is 11.5 Å². The summed E-state index contributed by atoms with van der Waals surface area (Å²) >= 11 is 0. The molecule has 1 aromatic rings. The average Bonchev–Trinajstić information content (AvgIpc) is 2.92. The molecule has 0 heterocycles. The smallest absolute Gasteiger partial charge is 0.458 e. The van der Waals surface area contributed by atoms with Gasteiger partial charge in [-0.25, -0.2) is 14.4 Å². The fourth-order valence-electron chi connectivity index (χ4n) is 3.85. The van der Waals surface area contributed by atoms with Gasteiger partial charge in [-0.2, -0.15) is 0 Å². The summed E-state index contributed by atoms with van der Waals surface area (Å²) in [6.45, 7) is 10.9. The van der Waals surface area contributed by atoms with Gasteiger partial charge in [0.15, 0.2) is 11.5 Å². The minimum absolute atomic E-state index is 0.00000929. The van der Waals surface area contributed by atoms with Gasteiger partial charge in [-0.15, -0.1) is 0 Å². The van der Waals surface area contributed by atoms with E-state index >= 15 is 0 Å². The highest BCUT2D eigenvalue weighted by atomic mass is 16.8. The molecule has 0 radical (unpaired) electrons. The molecule has 0 spiro atoms. The Morgan fingerprint density at radius 1 is 0.762 bits per heavy atom. The highest BCUT2D eigenvalue weighted by Crippen LogP contribution is 2.30. The Morgan fingerprint density at radius 3 is 1.88 bits per heavy atom. The Kier molecular flexibility index (Phi) is 14.4. The van der Waals surface area contributed by atoms with Gasteiger partial charge in [-0.3, -0.25) is 4.79 Å². The molecule has 1 aliphatic carbocycles. The molecule has 2 rings (SSSR count). The fourth-order valence-corrected chi connectivity index (χ4v) is 3.85. The topological polar surface area (TPSA) is 159 Å². The van der Waals surface area contributed by atoms with Gasteiger partial charge in [0.2, 0.25) is 0 Å². The van der Waals surface area contributed by atoms with Crippen LogP contribution in [-0.4, -0.2) is 62.0 Å². The van der Waals surface area contributed by atoms with Crippen LogP contribution in [0.2, 0.25) is 0 Å². The molecule has 0 unspecified atom stereocenters. The monoisotopic (exact) mass is 595 g/mol. The van der Waals surface area contributed by atoms with Crippen molar-refractivity contribution in [2.24, 2.45) is 17.6 Å². The lowest BCUT2D eigenvalue weighted by molar-refractivity contribution is -0.155. The van der Waals surface area contributed by atoms with Gasteiger partial charge >= 0.3 is 24.4 Å². The maximum absolute atomic E-state index is 12.7. The van der Waals surface area contributed by atoms with Gasteiger partial charge in [-0.1, -0.05) is 40.2 Å². The van der Waals surface area contributed by atoms with Crippen molar-refractivity contribution in [3.05, 3.63) is 23.8 Å². The van der Waals surface area contributed by atoms with Gasteiger partial charge in [0.1, 0.15) is 24.4 Å². The summed E-state index contributed by atoms with van der Waals surface area (Å²) in [5.74, 6) is -0.752. The van der Waals surface area contributed by atoms with Crippen LogP contribution in [0.25, 0.3) is 0 Å². The third-order valence-electron chi connectivity index (χ3n) is 6.28. The summed E-state index contributed by atoms with van der Waals surface area (Å²) in [7, 11) is 0. The van der Waals surface area contributed by atoms with E-state index < -0.39 is 42.7 Å². The lowest BCUT2D eigenvalue weighted by atomic mass is 9.98. The van der Waals surface area contributed by atoms with Gasteiger partial charge < -0.3 is 38.9 Å². The summed E-state index contributed by atoms with van der Waals surface area (Å²) in [4.78, 5) is 49.2. The van der Waals surface area contributed by atoms with E-state index in [1.54, 1.807) is 19.9 Å². The quantitative estimate of drug-likeness (QED) is 0.168. The summed E-state index contributed by atoms with van der Waals surface area (Å²) in [5, 5.41) is 0. The zero-order valence-corrected chi connectivity index (χ0v) is 25.4. The Hall–Kier alpha value is -3.54. The van der Waals surface area contributed by atoms with Crippen molar-refractivity contribution in [1.82, 2.24) is 0 Å². The largest absolute Gasteiger partial charge is 0.513 e. The SMILES string of the molecule is CC(C)COC(=O)Oc1ccc(C[C@H](N)C(=O)O[C@@H](C)[C@H](C)OC(=O)OC2CCCCC2)cc1OC(=O)OCC(C)C. The first-order chi connectivity index (χ1) is 19.8. The van der Waals surface area contributed by atoms with E-state index in [-0.39, 0.29) is 49.1 Å². The van der Waals surface area contributed by atoms with Gasteiger partial charge in [0.25, 0.3) is 0 Å². The number of carbonyl (C=O) groups is 4. The minimum Gasteiger partial charge on any atom is -0.458 e. The zero-order valence-electron chi connectivity index (χ0n) is 25.4. The van der Waals surface area contributed by atoms with E-state index in [1.807, 2.05) is 27.7 Å². The van der Waals surface area contributed by atoms with E-state index in [0.717, 1.165) is 32.1 Å². The number of hydrogen-bond acceptors (Lipinski definition) is 12. The molecule has 0 aliphatic heterocycles. The van der Waals surface area contributed by atoms with Crippen LogP contribution < -0.4 is 15.2 Å². The molecule has 0 aromatic heterocycles. The molecule has 12 heteroatoms. The lowest BCUT2D eigenvalue weighted by Gasteiger charge is -2.25. The zero-order chi connectivity index (χ0) is 31.2. The predicted molar refractivity (Wildman–Crippen MR) is 151 cm³/mol. The van der Waals surface area contributed by atoms with E-state index in [1.165, 1.54) is 12.1 Å². The third-order valence-corrected chi connectivity index (χ3v) is 6.28. The summed E-state index contributed by atoms with van der Waals surface area (Å²) < 4.78 is 36.7. The number of carbonyl (C=O) groups excluding carboxylic acids is 4. The summed E-state index contributed by atoms with van der Waals surface area (Å²) in [6.07, 6.45) is 0.308. The van der Waals surface area contributed by atoms with Crippen molar-refractivity contribution < 1.29 is 52.3 Å². The molecule has 3 atom stereocenters. The second kappa shape index (κ2) is 17.4. The maximum Gasteiger partial charge on any atom is 0.513 e. The molecular weight excluding hydrogens is 550 g/mol. The number of esters is 1. The van der Waals surface area contributed by atoms with Crippen LogP contribution in [0.3, 0.4) is 0 Å². The molecule has 0 saturated heterocycles. The summed E-state index contributed by atoms with van der Waals surface area (Å²) in [6, 6.07) is 3.26. The molecule has 2 N–H and O–H groups in total. The van der Waals surface area contributed by atoms with Crippen molar-refractivity contribution >= 4 is 24.4 Å². The minimum atomic E-state index is -1.10. The Labute approximate surface area is 247 Å². The number of ether oxygens (including phenoxy) is 7. The molecule has 1 aliphatic rings. The van der Waals surface area contributed by atoms with Crippen LogP contribution in [0, 0.1) is 11.8 Å². The van der Waals surface area contributed by atoms with E-state index in [2.05, 4.69) is 0 Å². The number of rotatable bonds is 13. The second-order valence-corrected chi connectivity index (χ2v) is 11.3. The normalized spacial score (nSPS) is 15.7. The highest BCUT2D eigenvalue weighted by Gasteiger charge is 2.27. The van der Waals surface area contributed by atoms with E-state index in [9.17, 15) is 19.2 Å². The highest BCUT2D eigenvalue weighted by molar-refractivity contribution is 5.76. The van der Waals surface area contributed by atoms with Gasteiger partial charge in [0, 0.05) is 0 Å². The molecule has 236 valence electrons. The Morgan fingerprint density at radius 2 is 1.31 bits per heavy atom. The lowest BCUT2D eigenvalue weighted by Crippen LogP contribution is -2.39. The number of nitrogens with two attached hydrogens (primary N) is 1. The number of benzene rings is 1. The van der Waals surface area contributed by atoms with Crippen molar-refractivity contribution in [1.29, 1.82) is 0 Å². The predicted octanol–water partition coefficient (Wildman–Crippen LogP) is 5.71. The number of hydrogen-bond donors (Lipinski definition) is 1. The van der Waals surface area contributed by atoms with Gasteiger partial charge in [0.05, 0.1) is 13.2 Å². The first-order valence-electron chi connectivity index (χ1n) is 14.5. The molecule has 1 fully saturated rings. The third kappa shape index (κ3) is 13.0. The molecule has 42 heavy (non-hydrogen) atoms. The van der Waals surface area contributed by atoms with E-state index in [4.69, 9.17) is 38.9 Å². The second-order valence-electron chi connectivity index (χ2n) is 11.3. The molecule has 0 bridgehead atoms. The van der Waals surface area contributed by atoms with Crippen LogP contribution >= 0.6 is 0 Å². The molecular formula is C30H45NO11. The van der Waals surface area contributed by atoms with Crippen molar-refractivity contribution in [2.75, 3.05) is 13.2 Å². The first-order valence-corrected chi connectivity index (χ1v) is 14.5. The van der Waals surface area contributed by atoms with E-state index in [0.29, 0.717) is 5.56 Å². The van der Waals surface area contributed by atoms with Crippen molar-refractivity contribution in [3.8, 4) is 11.5 Å². The Bertz CT molecular complexity index is 1040. The van der Waals surface area contributed by atoms with Crippen LogP contribution in [0.1, 0.15) is 79.2 Å². The Balaban J connectivity index is 1.99. The fraction of sp³-hybridized carbons (Fsp3) is 0.667. The van der Waals surface area contributed by atoms with Crippen molar-refractivity contribution in [2.45, 2.75) is 104 Å². The maximum atomic E-state index is 12.7. The van der Waals surface area contributed by atoms with Crippen LogP contribution in [0.15, 0.2) is 18.2 Å². The molecule has 1 aromatic carbocycles. The summed E-state index contributed by atoms with van der Waals surface area (Å²) in [5.41, 5.74) is 6.58. The molecule has 0 amide bonds. The average molecular weight is 596 g/mol. The standard InChI is InChI=1S/C30H45NO11/c1-18(2)16-36-28(33)41-25-13-12-22(15-26(25)42-29(34)37-17-19(3)4)14-24(31)27(32)38-20(5)21(6)39-30(35)40-23-10-8-7-9-11-23/h12-13,15,18-21,23-24H,7-11,14,16-17,31H2,1-6H3/t20-,21-,24-/m0/s1. The molecule has 1 saturated carbocycles. The molecule has 12 nitrogen and oxygen atoms in total.